The lowest BCUT2D eigenvalue weighted by Crippen LogP contribution is -2.30. The Morgan fingerprint density at radius 2 is 2.17 bits per heavy atom. The van der Waals surface area contributed by atoms with Gasteiger partial charge in [0.15, 0.2) is 0 Å². The molecule has 1 fully saturated rings. The van der Waals surface area contributed by atoms with Gasteiger partial charge in [-0.2, -0.15) is 0 Å². The van der Waals surface area contributed by atoms with E-state index in [0.29, 0.717) is 12.8 Å². The second-order valence-corrected chi connectivity index (χ2v) is 4.71. The van der Waals surface area contributed by atoms with Crippen LogP contribution in [0.1, 0.15) is 43.7 Å². The molecule has 0 bridgehead atoms. The lowest BCUT2D eigenvalue weighted by molar-refractivity contribution is -0.132. The molecule has 1 saturated heterocycles. The monoisotopic (exact) mass is 248 g/mol. The number of aromatic nitrogens is 1. The van der Waals surface area contributed by atoms with Gasteiger partial charge in [-0.3, -0.25) is 9.78 Å². The van der Waals surface area contributed by atoms with Crippen molar-refractivity contribution in [3.05, 3.63) is 30.1 Å². The smallest absolute Gasteiger partial charge is 0.223 e. The number of hydrogen-bond donors (Lipinski definition) is 1. The van der Waals surface area contributed by atoms with E-state index in [1.165, 1.54) is 5.56 Å². The number of aliphatic hydroxyl groups is 1. The van der Waals surface area contributed by atoms with Crippen LogP contribution in [0.15, 0.2) is 24.5 Å². The van der Waals surface area contributed by atoms with Crippen molar-refractivity contribution >= 4 is 5.91 Å². The SMILES string of the molecule is O=C(CCCCO)N1CCCC1c1ccncc1. The summed E-state index contributed by atoms with van der Waals surface area (Å²) < 4.78 is 0. The second kappa shape index (κ2) is 6.50. The summed E-state index contributed by atoms with van der Waals surface area (Å²) in [7, 11) is 0. The van der Waals surface area contributed by atoms with E-state index >= 15 is 0 Å². The summed E-state index contributed by atoms with van der Waals surface area (Å²) in [4.78, 5) is 18.1. The maximum atomic E-state index is 12.1. The van der Waals surface area contributed by atoms with Gasteiger partial charge >= 0.3 is 0 Å². The zero-order chi connectivity index (χ0) is 12.8. The first-order valence-electron chi connectivity index (χ1n) is 6.63. The number of likely N-dealkylation sites (tertiary alicyclic amines) is 1. The maximum Gasteiger partial charge on any atom is 0.223 e. The summed E-state index contributed by atoms with van der Waals surface area (Å²) in [6.45, 7) is 1.02. The van der Waals surface area contributed by atoms with Crippen LogP contribution in [-0.4, -0.2) is 34.0 Å². The lowest BCUT2D eigenvalue weighted by Gasteiger charge is -2.25. The molecule has 18 heavy (non-hydrogen) atoms. The molecule has 1 N–H and O–H groups in total. The van der Waals surface area contributed by atoms with E-state index in [2.05, 4.69) is 4.98 Å². The van der Waals surface area contributed by atoms with Crippen molar-refractivity contribution < 1.29 is 9.90 Å². The molecule has 98 valence electrons. The Bertz CT molecular complexity index is 381. The van der Waals surface area contributed by atoms with E-state index in [-0.39, 0.29) is 18.6 Å². The topological polar surface area (TPSA) is 53.4 Å². The van der Waals surface area contributed by atoms with Crippen LogP contribution in [-0.2, 0) is 4.79 Å². The summed E-state index contributed by atoms with van der Waals surface area (Å²) >= 11 is 0. The van der Waals surface area contributed by atoms with Crippen LogP contribution in [0.25, 0.3) is 0 Å². The molecule has 1 unspecified atom stereocenters. The largest absolute Gasteiger partial charge is 0.396 e. The first kappa shape index (κ1) is 13.0. The molecule has 4 nitrogen and oxygen atoms in total. The number of nitrogens with zero attached hydrogens (tertiary/aromatic N) is 2. The fraction of sp³-hybridized carbons (Fsp3) is 0.571. The number of aliphatic hydroxyl groups excluding tert-OH is 1. The molecule has 1 aromatic heterocycles. The van der Waals surface area contributed by atoms with Crippen molar-refractivity contribution in [2.45, 2.75) is 38.1 Å². The fourth-order valence-corrected chi connectivity index (χ4v) is 2.53. The van der Waals surface area contributed by atoms with Crippen LogP contribution in [0.3, 0.4) is 0 Å². The molecule has 0 aromatic carbocycles. The van der Waals surface area contributed by atoms with Crippen LogP contribution < -0.4 is 0 Å². The van der Waals surface area contributed by atoms with Crippen molar-refractivity contribution in [1.29, 1.82) is 0 Å². The van der Waals surface area contributed by atoms with E-state index < -0.39 is 0 Å². The molecule has 0 radical (unpaired) electrons. The third-order valence-corrected chi connectivity index (χ3v) is 3.46. The Morgan fingerprint density at radius 3 is 2.89 bits per heavy atom. The van der Waals surface area contributed by atoms with Crippen molar-refractivity contribution in [1.82, 2.24) is 9.88 Å². The van der Waals surface area contributed by atoms with Gasteiger partial charge in [0.2, 0.25) is 5.91 Å². The van der Waals surface area contributed by atoms with Gasteiger partial charge in [0, 0.05) is 32.0 Å². The second-order valence-electron chi connectivity index (χ2n) is 4.71. The Morgan fingerprint density at radius 1 is 1.39 bits per heavy atom. The van der Waals surface area contributed by atoms with Crippen molar-refractivity contribution in [2.75, 3.05) is 13.2 Å². The Kier molecular flexibility index (Phi) is 4.70. The van der Waals surface area contributed by atoms with Crippen molar-refractivity contribution in [2.24, 2.45) is 0 Å². The van der Waals surface area contributed by atoms with Gasteiger partial charge in [0.25, 0.3) is 0 Å². The summed E-state index contributed by atoms with van der Waals surface area (Å²) in [6.07, 6.45) is 7.69. The highest BCUT2D eigenvalue weighted by Crippen LogP contribution is 2.32. The molecular formula is C14H20N2O2. The fourth-order valence-electron chi connectivity index (χ4n) is 2.53. The number of unbranched alkanes of at least 4 members (excludes halogenated alkanes) is 1. The van der Waals surface area contributed by atoms with Crippen LogP contribution >= 0.6 is 0 Å². The molecule has 2 rings (SSSR count). The normalized spacial score (nSPS) is 19.2. The molecule has 1 aliphatic rings. The summed E-state index contributed by atoms with van der Waals surface area (Å²) in [5.41, 5.74) is 1.18. The standard InChI is InChI=1S/C14H20N2O2/c17-11-2-1-5-14(18)16-10-3-4-13(16)12-6-8-15-9-7-12/h6-9,13,17H,1-5,10-11H2. The molecule has 1 aliphatic heterocycles. The first-order valence-corrected chi connectivity index (χ1v) is 6.63. The Balaban J connectivity index is 1.97. The minimum atomic E-state index is 0.168. The lowest BCUT2D eigenvalue weighted by atomic mass is 10.1. The third-order valence-electron chi connectivity index (χ3n) is 3.46. The molecule has 1 amide bonds. The average Bonchev–Trinajstić information content (AvgIpc) is 2.89. The number of amides is 1. The molecule has 4 heteroatoms. The van der Waals surface area contributed by atoms with Crippen LogP contribution in [0.4, 0.5) is 0 Å². The zero-order valence-electron chi connectivity index (χ0n) is 10.6. The minimum Gasteiger partial charge on any atom is -0.396 e. The number of hydrogen-bond acceptors (Lipinski definition) is 3. The molecule has 1 aromatic rings. The third kappa shape index (κ3) is 3.07. The average molecular weight is 248 g/mol. The van der Waals surface area contributed by atoms with Gasteiger partial charge in [-0.15, -0.1) is 0 Å². The van der Waals surface area contributed by atoms with Crippen LogP contribution in [0, 0.1) is 0 Å². The number of carbonyl (C=O) groups is 1. The predicted molar refractivity (Wildman–Crippen MR) is 68.9 cm³/mol. The van der Waals surface area contributed by atoms with E-state index in [9.17, 15) is 4.79 Å². The highest BCUT2D eigenvalue weighted by molar-refractivity contribution is 5.77. The molecule has 0 spiro atoms. The molecule has 2 heterocycles. The molecular weight excluding hydrogens is 228 g/mol. The van der Waals surface area contributed by atoms with E-state index in [1.807, 2.05) is 17.0 Å². The van der Waals surface area contributed by atoms with Gasteiger partial charge in [0.05, 0.1) is 6.04 Å². The van der Waals surface area contributed by atoms with Gasteiger partial charge in [-0.05, 0) is 43.4 Å². The van der Waals surface area contributed by atoms with E-state index in [0.717, 1.165) is 25.8 Å². The zero-order valence-corrected chi connectivity index (χ0v) is 10.6. The van der Waals surface area contributed by atoms with Crippen molar-refractivity contribution in [3.8, 4) is 0 Å². The number of rotatable bonds is 5. The summed E-state index contributed by atoms with van der Waals surface area (Å²) in [6, 6.07) is 4.20. The van der Waals surface area contributed by atoms with Gasteiger partial charge in [-0.25, -0.2) is 0 Å². The minimum absolute atomic E-state index is 0.168. The summed E-state index contributed by atoms with van der Waals surface area (Å²) in [5.74, 6) is 0.211. The van der Waals surface area contributed by atoms with E-state index in [1.54, 1.807) is 12.4 Å². The Hall–Kier alpha value is -1.42. The Labute approximate surface area is 108 Å². The maximum absolute atomic E-state index is 12.1. The van der Waals surface area contributed by atoms with Gasteiger partial charge < -0.3 is 10.0 Å². The number of pyridine rings is 1. The van der Waals surface area contributed by atoms with Gasteiger partial charge in [-0.1, -0.05) is 0 Å². The summed E-state index contributed by atoms with van der Waals surface area (Å²) in [5, 5.41) is 8.74. The molecule has 1 atom stereocenters. The van der Waals surface area contributed by atoms with Crippen molar-refractivity contribution in [3.63, 3.8) is 0 Å². The van der Waals surface area contributed by atoms with Crippen LogP contribution in [0.2, 0.25) is 0 Å². The predicted octanol–water partition coefficient (Wildman–Crippen LogP) is 1.91. The van der Waals surface area contributed by atoms with Gasteiger partial charge in [0.1, 0.15) is 0 Å². The number of carbonyl (C=O) groups excluding carboxylic acids is 1. The molecule has 0 aliphatic carbocycles. The highest BCUT2D eigenvalue weighted by Gasteiger charge is 2.29. The van der Waals surface area contributed by atoms with E-state index in [4.69, 9.17) is 5.11 Å². The highest BCUT2D eigenvalue weighted by atomic mass is 16.3. The first-order chi connectivity index (χ1) is 8.83. The molecule has 0 saturated carbocycles. The quantitative estimate of drug-likeness (QED) is 0.810. The van der Waals surface area contributed by atoms with Crippen LogP contribution in [0.5, 0.6) is 0 Å².